The molecule has 36 heavy (non-hydrogen) atoms. The number of benzene rings is 2. The van der Waals surface area contributed by atoms with E-state index >= 15 is 0 Å². The maximum Gasteiger partial charge on any atom is 0.305 e. The van der Waals surface area contributed by atoms with E-state index in [9.17, 15) is 9.59 Å². The van der Waals surface area contributed by atoms with Gasteiger partial charge in [0.2, 0.25) is 0 Å². The highest BCUT2D eigenvalue weighted by atomic mass is 35.5. The van der Waals surface area contributed by atoms with Crippen LogP contribution in [0.5, 0.6) is 0 Å². The molecule has 7 nitrogen and oxygen atoms in total. The summed E-state index contributed by atoms with van der Waals surface area (Å²) < 4.78 is 16.3. The van der Waals surface area contributed by atoms with Crippen molar-refractivity contribution in [3.05, 3.63) is 70.2 Å². The monoisotopic (exact) mass is 516 g/mol. The van der Waals surface area contributed by atoms with Gasteiger partial charge in [0.25, 0.3) is 5.91 Å². The molecule has 0 bridgehead atoms. The molecule has 196 valence electrons. The molecule has 1 amide bonds. The van der Waals surface area contributed by atoms with Gasteiger partial charge >= 0.3 is 5.97 Å². The van der Waals surface area contributed by atoms with Crippen LogP contribution in [-0.2, 0) is 19.0 Å². The molecule has 1 heterocycles. The van der Waals surface area contributed by atoms with Crippen molar-refractivity contribution < 1.29 is 23.8 Å². The lowest BCUT2D eigenvalue weighted by Crippen LogP contribution is -2.41. The first-order valence-electron chi connectivity index (χ1n) is 12.6. The second kappa shape index (κ2) is 15.0. The molecule has 3 rings (SSSR count). The van der Waals surface area contributed by atoms with Crippen LogP contribution in [0.4, 0.5) is 0 Å². The highest BCUT2D eigenvalue weighted by Crippen LogP contribution is 2.29. The minimum absolute atomic E-state index is 0.125. The van der Waals surface area contributed by atoms with Gasteiger partial charge in [-0.05, 0) is 74.0 Å². The molecule has 2 N–H and O–H groups in total. The SMILES string of the molecule is CN[C@H](CNC(=O)c1cccc(C(OCCCC(=O)OC)c2cccc(Cl)c2)c1)CC1CCOCC1. The van der Waals surface area contributed by atoms with Crippen LogP contribution in [0.25, 0.3) is 0 Å². The summed E-state index contributed by atoms with van der Waals surface area (Å²) >= 11 is 6.24. The second-order valence-electron chi connectivity index (χ2n) is 9.10. The largest absolute Gasteiger partial charge is 0.469 e. The van der Waals surface area contributed by atoms with Crippen LogP contribution in [0.1, 0.15) is 59.7 Å². The fraction of sp³-hybridized carbons (Fsp3) is 0.500. The first-order chi connectivity index (χ1) is 17.5. The zero-order valence-electron chi connectivity index (χ0n) is 21.1. The quantitative estimate of drug-likeness (QED) is 0.300. The molecule has 0 aliphatic carbocycles. The highest BCUT2D eigenvalue weighted by molar-refractivity contribution is 6.30. The van der Waals surface area contributed by atoms with Crippen LogP contribution >= 0.6 is 11.6 Å². The summed E-state index contributed by atoms with van der Waals surface area (Å²) in [6.45, 7) is 2.55. The molecular weight excluding hydrogens is 480 g/mol. The Morgan fingerprint density at radius 1 is 1.11 bits per heavy atom. The van der Waals surface area contributed by atoms with Crippen LogP contribution in [0.3, 0.4) is 0 Å². The van der Waals surface area contributed by atoms with Crippen LogP contribution in [0, 0.1) is 5.92 Å². The topological polar surface area (TPSA) is 85.9 Å². The number of carbonyl (C=O) groups excluding carboxylic acids is 2. The van der Waals surface area contributed by atoms with E-state index in [1.54, 1.807) is 6.07 Å². The highest BCUT2D eigenvalue weighted by Gasteiger charge is 2.20. The number of nitrogens with one attached hydrogen (secondary N) is 2. The smallest absolute Gasteiger partial charge is 0.305 e. The Morgan fingerprint density at radius 3 is 2.53 bits per heavy atom. The van der Waals surface area contributed by atoms with Gasteiger partial charge in [-0.15, -0.1) is 0 Å². The number of esters is 1. The minimum atomic E-state index is -0.423. The van der Waals surface area contributed by atoms with Gasteiger partial charge < -0.3 is 24.8 Å². The third-order valence-corrected chi connectivity index (χ3v) is 6.75. The molecule has 8 heteroatoms. The molecule has 0 saturated carbocycles. The lowest BCUT2D eigenvalue weighted by Gasteiger charge is -2.26. The Bertz CT molecular complexity index is 980. The summed E-state index contributed by atoms with van der Waals surface area (Å²) in [6, 6.07) is 15.1. The van der Waals surface area contributed by atoms with Crippen LogP contribution in [-0.4, -0.2) is 58.4 Å². The van der Waals surface area contributed by atoms with Crippen molar-refractivity contribution >= 4 is 23.5 Å². The van der Waals surface area contributed by atoms with Crippen LogP contribution < -0.4 is 10.6 Å². The predicted molar refractivity (Wildman–Crippen MR) is 140 cm³/mol. The van der Waals surface area contributed by atoms with Crippen molar-refractivity contribution in [1.82, 2.24) is 10.6 Å². The van der Waals surface area contributed by atoms with Crippen LogP contribution in [0.15, 0.2) is 48.5 Å². The molecule has 1 unspecified atom stereocenters. The Labute approximate surface area is 218 Å². The number of methoxy groups -OCH3 is 1. The van der Waals surface area contributed by atoms with E-state index in [2.05, 4.69) is 10.6 Å². The van der Waals surface area contributed by atoms with E-state index in [-0.39, 0.29) is 24.3 Å². The maximum atomic E-state index is 13.0. The minimum Gasteiger partial charge on any atom is -0.469 e. The number of halogens is 1. The molecule has 0 spiro atoms. The van der Waals surface area contributed by atoms with Gasteiger partial charge in [-0.25, -0.2) is 0 Å². The zero-order valence-corrected chi connectivity index (χ0v) is 21.9. The molecule has 1 aliphatic rings. The molecule has 1 fully saturated rings. The van der Waals surface area contributed by atoms with Gasteiger partial charge in [-0.1, -0.05) is 35.9 Å². The number of rotatable bonds is 13. The van der Waals surface area contributed by atoms with E-state index in [0.717, 1.165) is 43.6 Å². The van der Waals surface area contributed by atoms with Gasteiger partial charge in [0.15, 0.2) is 0 Å². The zero-order chi connectivity index (χ0) is 25.8. The van der Waals surface area contributed by atoms with Crippen molar-refractivity contribution in [2.24, 2.45) is 5.92 Å². The van der Waals surface area contributed by atoms with Crippen molar-refractivity contribution in [1.29, 1.82) is 0 Å². The van der Waals surface area contributed by atoms with E-state index in [1.807, 2.05) is 49.5 Å². The lowest BCUT2D eigenvalue weighted by atomic mass is 9.92. The summed E-state index contributed by atoms with van der Waals surface area (Å²) in [5, 5.41) is 7.02. The maximum absolute atomic E-state index is 13.0. The normalized spacial score (nSPS) is 15.8. The summed E-state index contributed by atoms with van der Waals surface area (Å²) in [5.41, 5.74) is 2.29. The van der Waals surface area contributed by atoms with E-state index in [0.29, 0.717) is 36.1 Å². The number of ether oxygens (including phenoxy) is 3. The van der Waals surface area contributed by atoms with Crippen molar-refractivity contribution in [3.8, 4) is 0 Å². The molecule has 0 aromatic heterocycles. The summed E-state index contributed by atoms with van der Waals surface area (Å²) in [5.74, 6) is 0.221. The Morgan fingerprint density at radius 2 is 1.83 bits per heavy atom. The van der Waals surface area contributed by atoms with Crippen molar-refractivity contribution in [3.63, 3.8) is 0 Å². The Balaban J connectivity index is 1.66. The third-order valence-electron chi connectivity index (χ3n) is 6.52. The number of carbonyl (C=O) groups is 2. The molecule has 2 atom stereocenters. The third kappa shape index (κ3) is 8.89. The Kier molecular flexibility index (Phi) is 11.7. The number of hydrogen-bond donors (Lipinski definition) is 2. The summed E-state index contributed by atoms with van der Waals surface area (Å²) in [7, 11) is 3.31. The van der Waals surface area contributed by atoms with Crippen LogP contribution in [0.2, 0.25) is 5.02 Å². The van der Waals surface area contributed by atoms with E-state index < -0.39 is 6.10 Å². The summed E-state index contributed by atoms with van der Waals surface area (Å²) in [4.78, 5) is 24.5. The standard InChI is InChI=1S/C28H37ClN2O5/c1-30-25(16-20-11-14-35-15-12-20)19-31-28(33)23-8-3-6-21(17-23)27(22-7-4-9-24(29)18-22)36-13-5-10-26(32)34-2/h3-4,6-9,17-18,20,25,27,30H,5,10-16,19H2,1-2H3,(H,31,33)/t25-,27?/m0/s1. The fourth-order valence-corrected chi connectivity index (χ4v) is 4.62. The molecular formula is C28H37ClN2O5. The van der Waals surface area contributed by atoms with E-state index in [1.165, 1.54) is 7.11 Å². The van der Waals surface area contributed by atoms with Gasteiger partial charge in [-0.3, -0.25) is 9.59 Å². The second-order valence-corrected chi connectivity index (χ2v) is 9.53. The van der Waals surface area contributed by atoms with Crippen molar-refractivity contribution in [2.75, 3.05) is 40.5 Å². The average molecular weight is 517 g/mol. The number of hydrogen-bond acceptors (Lipinski definition) is 6. The lowest BCUT2D eigenvalue weighted by molar-refractivity contribution is -0.141. The first-order valence-corrected chi connectivity index (χ1v) is 12.9. The summed E-state index contributed by atoms with van der Waals surface area (Å²) in [6.07, 6.45) is 3.53. The number of likely N-dealkylation sites (N-methyl/N-ethyl adjacent to an activating group) is 1. The van der Waals surface area contributed by atoms with Gasteiger partial charge in [0, 0.05) is 49.4 Å². The van der Waals surface area contributed by atoms with Crippen molar-refractivity contribution in [2.45, 2.75) is 44.2 Å². The first kappa shape index (κ1) is 28.1. The average Bonchev–Trinajstić information content (AvgIpc) is 2.91. The molecule has 1 aliphatic heterocycles. The molecule has 0 radical (unpaired) electrons. The predicted octanol–water partition coefficient (Wildman–Crippen LogP) is 4.53. The van der Waals surface area contributed by atoms with E-state index in [4.69, 9.17) is 25.8 Å². The van der Waals surface area contributed by atoms with Gasteiger partial charge in [0.1, 0.15) is 6.10 Å². The Hall–Kier alpha value is -2.45. The number of amides is 1. The fourth-order valence-electron chi connectivity index (χ4n) is 4.42. The van der Waals surface area contributed by atoms with Gasteiger partial charge in [-0.2, -0.15) is 0 Å². The molecule has 2 aromatic carbocycles. The van der Waals surface area contributed by atoms with Gasteiger partial charge in [0.05, 0.1) is 7.11 Å². The molecule has 1 saturated heterocycles. The molecule has 2 aromatic rings.